The van der Waals surface area contributed by atoms with Gasteiger partial charge in [-0.1, -0.05) is 11.6 Å². The van der Waals surface area contributed by atoms with Gasteiger partial charge in [0.05, 0.1) is 28.0 Å². The Hall–Kier alpha value is -2.52. The molecule has 3 rings (SSSR count). The number of aromatic nitrogens is 1. The minimum absolute atomic E-state index is 0.0633. The van der Waals surface area contributed by atoms with Crippen LogP contribution in [0.4, 0.5) is 31.1 Å². The highest BCUT2D eigenvalue weighted by Crippen LogP contribution is 2.46. The molecule has 2 aromatic heterocycles. The van der Waals surface area contributed by atoms with Crippen molar-refractivity contribution >= 4 is 45.2 Å². The predicted molar refractivity (Wildman–Crippen MR) is 112 cm³/mol. The van der Waals surface area contributed by atoms with Crippen molar-refractivity contribution in [2.75, 3.05) is 33.4 Å². The van der Waals surface area contributed by atoms with E-state index in [4.69, 9.17) is 21.1 Å². The summed E-state index contributed by atoms with van der Waals surface area (Å²) in [6, 6.07) is 0. The molecule has 1 aliphatic rings. The number of carbonyl (C=O) groups excluding carboxylic acids is 2. The highest BCUT2D eigenvalue weighted by molar-refractivity contribution is 7.17. The maximum absolute atomic E-state index is 13.8. The molecule has 3 heterocycles. The quantitative estimate of drug-likeness (QED) is 0.409. The SMILES string of the molecule is CNC(=O)c1csc2c(C(F)(F)F)c(Cl)c(OC3CCN(C(=O)OCCOC(F)(F)F)CC3)nc12. The molecule has 2 amide bonds. The molecule has 2 aromatic rings. The zero-order valence-electron chi connectivity index (χ0n) is 17.9. The monoisotopic (exact) mass is 549 g/mol. The molecule has 1 aliphatic heterocycles. The van der Waals surface area contributed by atoms with Gasteiger partial charge in [0, 0.05) is 38.4 Å². The van der Waals surface area contributed by atoms with Crippen LogP contribution in [0.25, 0.3) is 10.2 Å². The second-order valence-corrected chi connectivity index (χ2v) is 8.48. The van der Waals surface area contributed by atoms with Gasteiger partial charge in [0.1, 0.15) is 17.7 Å². The average Bonchev–Trinajstić information content (AvgIpc) is 3.18. The highest BCUT2D eigenvalue weighted by Gasteiger charge is 2.40. The molecular weight excluding hydrogens is 532 g/mol. The van der Waals surface area contributed by atoms with Crippen molar-refractivity contribution in [2.45, 2.75) is 31.5 Å². The van der Waals surface area contributed by atoms with E-state index in [2.05, 4.69) is 15.0 Å². The summed E-state index contributed by atoms with van der Waals surface area (Å²) in [5.74, 6) is -1.13. The highest BCUT2D eigenvalue weighted by atomic mass is 35.5. The topological polar surface area (TPSA) is 90.0 Å². The number of halogens is 7. The standard InChI is InChI=1S/C19H18ClF6N3O5S/c1-27-15(30)10-8-35-14-11(18(21,22)23)12(20)16(28-13(10)14)34-9-2-4-29(5-3-9)17(31)32-6-7-33-19(24,25)26/h8-9H,2-7H2,1H3,(H,27,30). The van der Waals surface area contributed by atoms with Crippen molar-refractivity contribution < 1.29 is 50.1 Å². The van der Waals surface area contributed by atoms with Crippen molar-refractivity contribution in [1.29, 1.82) is 0 Å². The van der Waals surface area contributed by atoms with Crippen LogP contribution in [0.5, 0.6) is 5.88 Å². The predicted octanol–water partition coefficient (Wildman–Crippen LogP) is 4.84. The summed E-state index contributed by atoms with van der Waals surface area (Å²) < 4.78 is 90.7. The second-order valence-electron chi connectivity index (χ2n) is 7.22. The maximum atomic E-state index is 13.8. The van der Waals surface area contributed by atoms with E-state index in [0.717, 1.165) is 0 Å². The van der Waals surface area contributed by atoms with Crippen LogP contribution in [0.15, 0.2) is 5.38 Å². The summed E-state index contributed by atoms with van der Waals surface area (Å²) >= 11 is 6.70. The molecule has 194 valence electrons. The molecule has 8 nitrogen and oxygen atoms in total. The van der Waals surface area contributed by atoms with E-state index >= 15 is 0 Å². The van der Waals surface area contributed by atoms with Gasteiger partial charge in [-0.2, -0.15) is 13.2 Å². The molecule has 0 unspecified atom stereocenters. The summed E-state index contributed by atoms with van der Waals surface area (Å²) in [6.45, 7) is -1.33. The van der Waals surface area contributed by atoms with Crippen LogP contribution < -0.4 is 10.1 Å². The first-order chi connectivity index (χ1) is 16.3. The van der Waals surface area contributed by atoms with Crippen LogP contribution >= 0.6 is 22.9 Å². The smallest absolute Gasteiger partial charge is 0.473 e. The Bertz CT molecular complexity index is 1090. The number of amides is 2. The van der Waals surface area contributed by atoms with E-state index < -0.39 is 60.3 Å². The normalized spacial score (nSPS) is 15.4. The first-order valence-electron chi connectivity index (χ1n) is 10.0. The Kier molecular flexibility index (Phi) is 8.21. The van der Waals surface area contributed by atoms with Gasteiger partial charge in [0.2, 0.25) is 5.88 Å². The number of carbonyl (C=O) groups is 2. The summed E-state index contributed by atoms with van der Waals surface area (Å²) in [4.78, 5) is 29.3. The molecule has 0 saturated carbocycles. The van der Waals surface area contributed by atoms with Crippen molar-refractivity contribution in [3.05, 3.63) is 21.5 Å². The number of likely N-dealkylation sites (tertiary alicyclic amines) is 1. The first kappa shape index (κ1) is 27.1. The Morgan fingerprint density at radius 1 is 1.20 bits per heavy atom. The molecule has 0 aromatic carbocycles. The lowest BCUT2D eigenvalue weighted by molar-refractivity contribution is -0.326. The fourth-order valence-corrected chi connectivity index (χ4v) is 4.72. The van der Waals surface area contributed by atoms with Crippen LogP contribution in [-0.2, 0) is 15.7 Å². The number of rotatable bonds is 6. The van der Waals surface area contributed by atoms with E-state index in [1.165, 1.54) is 17.3 Å². The summed E-state index contributed by atoms with van der Waals surface area (Å²) in [6.07, 6.45) is -10.9. The molecule has 1 N–H and O–H groups in total. The van der Waals surface area contributed by atoms with Gasteiger partial charge < -0.3 is 19.7 Å². The third kappa shape index (κ3) is 6.58. The van der Waals surface area contributed by atoms with E-state index in [1.54, 1.807) is 0 Å². The fourth-order valence-electron chi connectivity index (χ4n) is 3.32. The van der Waals surface area contributed by atoms with Crippen LogP contribution in [-0.4, -0.2) is 67.7 Å². The zero-order valence-corrected chi connectivity index (χ0v) is 19.5. The third-order valence-corrected chi connectivity index (χ3v) is 6.26. The Morgan fingerprint density at radius 3 is 2.43 bits per heavy atom. The molecule has 0 radical (unpaired) electrons. The number of pyridine rings is 1. The number of thiophene rings is 1. The zero-order chi connectivity index (χ0) is 26.0. The molecule has 0 bridgehead atoms. The van der Waals surface area contributed by atoms with Crippen LogP contribution in [0.2, 0.25) is 5.02 Å². The van der Waals surface area contributed by atoms with Gasteiger partial charge in [-0.15, -0.1) is 24.5 Å². The lowest BCUT2D eigenvalue weighted by Gasteiger charge is -2.31. The Morgan fingerprint density at radius 2 is 1.86 bits per heavy atom. The summed E-state index contributed by atoms with van der Waals surface area (Å²) in [7, 11) is 1.33. The number of fused-ring (bicyclic) bond motifs is 1. The average molecular weight is 550 g/mol. The van der Waals surface area contributed by atoms with E-state index in [-0.39, 0.29) is 41.7 Å². The lowest BCUT2D eigenvalue weighted by Crippen LogP contribution is -2.42. The summed E-state index contributed by atoms with van der Waals surface area (Å²) in [5, 5.41) is 2.83. The van der Waals surface area contributed by atoms with Crippen molar-refractivity contribution in [2.24, 2.45) is 0 Å². The fraction of sp³-hybridized carbons (Fsp3) is 0.526. The molecule has 0 spiro atoms. The van der Waals surface area contributed by atoms with E-state index in [0.29, 0.717) is 11.3 Å². The van der Waals surface area contributed by atoms with Gasteiger partial charge in [-0.05, 0) is 0 Å². The molecule has 0 aliphatic carbocycles. The number of hydrogen-bond acceptors (Lipinski definition) is 7. The second kappa shape index (κ2) is 10.6. The van der Waals surface area contributed by atoms with Crippen molar-refractivity contribution in [1.82, 2.24) is 15.2 Å². The number of hydrogen-bond donors (Lipinski definition) is 1. The van der Waals surface area contributed by atoms with Crippen LogP contribution in [0, 0.1) is 0 Å². The Labute approximate surface area is 203 Å². The molecule has 1 fully saturated rings. The third-order valence-electron chi connectivity index (χ3n) is 4.92. The Balaban J connectivity index is 1.70. The van der Waals surface area contributed by atoms with Gasteiger partial charge in [-0.3, -0.25) is 9.53 Å². The van der Waals surface area contributed by atoms with E-state index in [9.17, 15) is 35.9 Å². The van der Waals surface area contributed by atoms with Crippen molar-refractivity contribution in [3.8, 4) is 5.88 Å². The molecule has 0 atom stereocenters. The summed E-state index contributed by atoms with van der Waals surface area (Å²) in [5.41, 5.74) is -1.43. The van der Waals surface area contributed by atoms with Gasteiger partial charge in [0.15, 0.2) is 0 Å². The maximum Gasteiger partial charge on any atom is 0.522 e. The number of nitrogens with one attached hydrogen (secondary N) is 1. The number of alkyl halides is 6. The lowest BCUT2D eigenvalue weighted by atomic mass is 10.1. The van der Waals surface area contributed by atoms with Crippen molar-refractivity contribution in [3.63, 3.8) is 0 Å². The first-order valence-corrected chi connectivity index (χ1v) is 11.3. The molecule has 16 heteroatoms. The number of piperidine rings is 1. The minimum Gasteiger partial charge on any atom is -0.473 e. The molecule has 35 heavy (non-hydrogen) atoms. The van der Waals surface area contributed by atoms with Crippen LogP contribution in [0.1, 0.15) is 28.8 Å². The van der Waals surface area contributed by atoms with Gasteiger partial charge >= 0.3 is 18.6 Å². The minimum atomic E-state index is -4.84. The van der Waals surface area contributed by atoms with Gasteiger partial charge in [0.25, 0.3) is 5.91 Å². The largest absolute Gasteiger partial charge is 0.522 e. The van der Waals surface area contributed by atoms with Gasteiger partial charge in [-0.25, -0.2) is 9.78 Å². The van der Waals surface area contributed by atoms with Crippen LogP contribution in [0.3, 0.4) is 0 Å². The molecule has 1 saturated heterocycles. The van der Waals surface area contributed by atoms with E-state index in [1.807, 2.05) is 0 Å². The number of ether oxygens (including phenoxy) is 3. The number of nitrogens with zero attached hydrogens (tertiary/aromatic N) is 2. The molecular formula is C19H18ClF6N3O5S.